The van der Waals surface area contributed by atoms with Gasteiger partial charge >= 0.3 is 5.97 Å². The number of esters is 1. The summed E-state index contributed by atoms with van der Waals surface area (Å²) >= 11 is 1.38. The van der Waals surface area contributed by atoms with E-state index >= 15 is 0 Å². The van der Waals surface area contributed by atoms with Gasteiger partial charge in [-0.15, -0.1) is 0 Å². The van der Waals surface area contributed by atoms with Gasteiger partial charge in [-0.05, 0) is 43.5 Å². The average molecular weight is 292 g/mol. The summed E-state index contributed by atoms with van der Waals surface area (Å²) in [7, 11) is 0. The monoisotopic (exact) mass is 292 g/mol. The lowest BCUT2D eigenvalue weighted by Gasteiger charge is -2.01. The fourth-order valence-corrected chi connectivity index (χ4v) is 2.50. The molecule has 0 bridgehead atoms. The summed E-state index contributed by atoms with van der Waals surface area (Å²) in [5.41, 5.74) is 4.40. The molecule has 0 unspecified atom stereocenters. The molecule has 0 saturated heterocycles. The Balaban J connectivity index is 1.95. The van der Waals surface area contributed by atoms with Crippen molar-refractivity contribution in [3.05, 3.63) is 23.3 Å². The largest absolute Gasteiger partial charge is 0.465 e. The number of aromatic nitrogens is 2. The minimum atomic E-state index is -0.184. The second-order valence-corrected chi connectivity index (χ2v) is 5.82. The van der Waals surface area contributed by atoms with E-state index in [2.05, 4.69) is 42.9 Å². The molecule has 20 heavy (non-hydrogen) atoms. The zero-order valence-electron chi connectivity index (χ0n) is 12.2. The number of aromatic amines is 1. The van der Waals surface area contributed by atoms with Gasteiger partial charge in [0.15, 0.2) is 5.16 Å². The Hall–Kier alpha value is -1.49. The van der Waals surface area contributed by atoms with Crippen molar-refractivity contribution in [2.24, 2.45) is 0 Å². The third kappa shape index (κ3) is 3.76. The first-order valence-electron chi connectivity index (χ1n) is 6.85. The number of imidazole rings is 1. The molecule has 0 aliphatic rings. The number of hydrogen-bond acceptors (Lipinski definition) is 4. The molecule has 4 nitrogen and oxygen atoms in total. The van der Waals surface area contributed by atoms with Gasteiger partial charge in [0.05, 0.1) is 23.4 Å². The van der Waals surface area contributed by atoms with Gasteiger partial charge in [0, 0.05) is 0 Å². The van der Waals surface area contributed by atoms with Crippen LogP contribution in [0.2, 0.25) is 0 Å². The number of hydrogen-bond donors (Lipinski definition) is 1. The van der Waals surface area contributed by atoms with Gasteiger partial charge in [0.1, 0.15) is 0 Å². The van der Waals surface area contributed by atoms with E-state index in [1.165, 1.54) is 22.9 Å². The van der Waals surface area contributed by atoms with E-state index in [0.29, 0.717) is 12.4 Å². The molecule has 0 saturated carbocycles. The zero-order valence-corrected chi connectivity index (χ0v) is 13.0. The van der Waals surface area contributed by atoms with E-state index in [1.54, 1.807) is 0 Å². The summed E-state index contributed by atoms with van der Waals surface area (Å²) in [6.07, 6.45) is 1.95. The van der Waals surface area contributed by atoms with Crippen LogP contribution < -0.4 is 0 Å². The van der Waals surface area contributed by atoms with Crippen molar-refractivity contribution in [3.8, 4) is 0 Å². The first kappa shape index (κ1) is 14.9. The van der Waals surface area contributed by atoms with E-state index in [-0.39, 0.29) is 5.97 Å². The number of rotatable bonds is 6. The second-order valence-electron chi connectivity index (χ2n) is 4.86. The SMILES string of the molecule is CCCCOC(=O)CSc1nc2cc(C)c(C)cc2[nH]1. The Morgan fingerprint density at radius 1 is 1.35 bits per heavy atom. The van der Waals surface area contributed by atoms with Crippen LogP contribution in [-0.2, 0) is 9.53 Å². The van der Waals surface area contributed by atoms with Gasteiger partial charge in [0.2, 0.25) is 0 Å². The lowest BCUT2D eigenvalue weighted by molar-refractivity contribution is -0.140. The predicted octanol–water partition coefficient (Wildman–Crippen LogP) is 3.62. The maximum Gasteiger partial charge on any atom is 0.316 e. The first-order chi connectivity index (χ1) is 9.60. The van der Waals surface area contributed by atoms with Crippen LogP contribution in [0.25, 0.3) is 11.0 Å². The van der Waals surface area contributed by atoms with Crippen molar-refractivity contribution in [2.45, 2.75) is 38.8 Å². The Labute approximate surface area is 123 Å². The number of unbranched alkanes of at least 4 members (excludes halogenated alkanes) is 1. The van der Waals surface area contributed by atoms with Crippen molar-refractivity contribution >= 4 is 28.8 Å². The summed E-state index contributed by atoms with van der Waals surface area (Å²) in [4.78, 5) is 19.2. The summed E-state index contributed by atoms with van der Waals surface area (Å²) in [5.74, 6) is 0.109. The lowest BCUT2D eigenvalue weighted by atomic mass is 10.1. The first-order valence-corrected chi connectivity index (χ1v) is 7.84. The number of carbonyl (C=O) groups excluding carboxylic acids is 1. The normalized spacial score (nSPS) is 10.9. The number of thioether (sulfide) groups is 1. The maximum absolute atomic E-state index is 11.5. The molecule has 1 heterocycles. The highest BCUT2D eigenvalue weighted by Gasteiger charge is 2.08. The molecule has 1 aromatic heterocycles. The molecule has 0 radical (unpaired) electrons. The Bertz CT molecular complexity index is 568. The molecule has 0 spiro atoms. The van der Waals surface area contributed by atoms with Crippen molar-refractivity contribution in [3.63, 3.8) is 0 Å². The van der Waals surface area contributed by atoms with Crippen molar-refractivity contribution in [2.75, 3.05) is 12.4 Å². The van der Waals surface area contributed by atoms with E-state index in [4.69, 9.17) is 4.74 Å². The number of aryl methyl sites for hydroxylation is 2. The van der Waals surface area contributed by atoms with Crippen LogP contribution in [0.15, 0.2) is 17.3 Å². The minimum absolute atomic E-state index is 0.184. The summed E-state index contributed by atoms with van der Waals surface area (Å²) in [6, 6.07) is 4.14. The molecule has 0 aliphatic carbocycles. The average Bonchev–Trinajstić information content (AvgIpc) is 2.79. The van der Waals surface area contributed by atoms with Gasteiger partial charge in [-0.3, -0.25) is 4.79 Å². The van der Waals surface area contributed by atoms with Crippen LogP contribution in [0, 0.1) is 13.8 Å². The number of carbonyl (C=O) groups is 1. The molecule has 0 fully saturated rings. The molecule has 0 aliphatic heterocycles. The minimum Gasteiger partial charge on any atom is -0.465 e. The smallest absolute Gasteiger partial charge is 0.316 e. The van der Waals surface area contributed by atoms with E-state index in [1.807, 2.05) is 0 Å². The van der Waals surface area contributed by atoms with Crippen LogP contribution >= 0.6 is 11.8 Å². The fourth-order valence-electron chi connectivity index (χ4n) is 1.81. The van der Waals surface area contributed by atoms with Crippen molar-refractivity contribution < 1.29 is 9.53 Å². The Kier molecular flexibility index (Phi) is 5.06. The molecular weight excluding hydrogens is 272 g/mol. The highest BCUT2D eigenvalue weighted by molar-refractivity contribution is 7.99. The molecule has 2 aromatic rings. The highest BCUT2D eigenvalue weighted by atomic mass is 32.2. The Morgan fingerprint density at radius 2 is 2.10 bits per heavy atom. The van der Waals surface area contributed by atoms with Crippen LogP contribution in [0.5, 0.6) is 0 Å². The van der Waals surface area contributed by atoms with Gasteiger partial charge < -0.3 is 9.72 Å². The number of ether oxygens (including phenoxy) is 1. The molecule has 0 atom stereocenters. The van der Waals surface area contributed by atoms with E-state index < -0.39 is 0 Å². The number of H-pyrrole nitrogens is 1. The van der Waals surface area contributed by atoms with Gasteiger partial charge in [-0.2, -0.15) is 0 Å². The van der Waals surface area contributed by atoms with E-state index in [9.17, 15) is 4.79 Å². The lowest BCUT2D eigenvalue weighted by Crippen LogP contribution is -2.08. The predicted molar refractivity (Wildman–Crippen MR) is 82.2 cm³/mol. The highest BCUT2D eigenvalue weighted by Crippen LogP contribution is 2.22. The summed E-state index contributed by atoms with van der Waals surface area (Å²) in [5, 5.41) is 0.762. The molecule has 108 valence electrons. The van der Waals surface area contributed by atoms with Crippen molar-refractivity contribution in [1.29, 1.82) is 0 Å². The zero-order chi connectivity index (χ0) is 14.5. The van der Waals surface area contributed by atoms with Gasteiger partial charge in [-0.25, -0.2) is 4.98 Å². The fraction of sp³-hybridized carbons (Fsp3) is 0.467. The number of nitrogens with one attached hydrogen (secondary N) is 1. The molecule has 5 heteroatoms. The third-order valence-electron chi connectivity index (χ3n) is 3.16. The number of fused-ring (bicyclic) bond motifs is 1. The molecule has 1 aromatic carbocycles. The standard InChI is InChI=1S/C15H20N2O2S/c1-4-5-6-19-14(18)9-20-15-16-12-7-10(2)11(3)8-13(12)17-15/h7-8H,4-6,9H2,1-3H3,(H,16,17). The van der Waals surface area contributed by atoms with Crippen molar-refractivity contribution in [1.82, 2.24) is 9.97 Å². The van der Waals surface area contributed by atoms with Crippen LogP contribution in [0.3, 0.4) is 0 Å². The second kappa shape index (κ2) is 6.79. The van der Waals surface area contributed by atoms with Gasteiger partial charge in [0.25, 0.3) is 0 Å². The quantitative estimate of drug-likeness (QED) is 0.502. The van der Waals surface area contributed by atoms with Crippen LogP contribution in [0.1, 0.15) is 30.9 Å². The molecule has 1 N–H and O–H groups in total. The molecule has 2 rings (SSSR count). The molecular formula is C15H20N2O2S. The number of nitrogens with zero attached hydrogens (tertiary/aromatic N) is 1. The topological polar surface area (TPSA) is 55.0 Å². The van der Waals surface area contributed by atoms with Crippen LogP contribution in [-0.4, -0.2) is 28.3 Å². The Morgan fingerprint density at radius 3 is 2.85 bits per heavy atom. The van der Waals surface area contributed by atoms with Gasteiger partial charge in [-0.1, -0.05) is 25.1 Å². The maximum atomic E-state index is 11.5. The third-order valence-corrected chi connectivity index (χ3v) is 4.01. The summed E-state index contributed by atoms with van der Waals surface area (Å²) < 4.78 is 5.12. The molecule has 0 amide bonds. The number of benzene rings is 1. The summed E-state index contributed by atoms with van der Waals surface area (Å²) in [6.45, 7) is 6.73. The van der Waals surface area contributed by atoms with Crippen LogP contribution in [0.4, 0.5) is 0 Å². The van der Waals surface area contributed by atoms with E-state index in [0.717, 1.165) is 29.0 Å².